The zero-order chi connectivity index (χ0) is 23.9. The van der Waals surface area contributed by atoms with Gasteiger partial charge in [-0.05, 0) is 66.5 Å². The lowest BCUT2D eigenvalue weighted by Crippen LogP contribution is -2.52. The molecule has 2 unspecified atom stereocenters. The molecule has 0 heterocycles. The number of amides is 3. The molecule has 1 aromatic carbocycles. The van der Waals surface area contributed by atoms with Crippen LogP contribution < -0.4 is 10.6 Å². The van der Waals surface area contributed by atoms with Crippen LogP contribution in [0.4, 0.5) is 4.79 Å². The lowest BCUT2D eigenvalue weighted by Gasteiger charge is -2.33. The van der Waals surface area contributed by atoms with Gasteiger partial charge in [0, 0.05) is 6.04 Å². The fourth-order valence-electron chi connectivity index (χ4n) is 3.11. The van der Waals surface area contributed by atoms with Crippen molar-refractivity contribution in [2.75, 3.05) is 6.54 Å². The molecule has 170 valence electrons. The zero-order valence-corrected chi connectivity index (χ0v) is 19.7. The van der Waals surface area contributed by atoms with Crippen molar-refractivity contribution >= 4 is 17.9 Å². The van der Waals surface area contributed by atoms with Crippen LogP contribution in [0.1, 0.15) is 64.3 Å². The quantitative estimate of drug-likeness (QED) is 0.646. The average Bonchev–Trinajstić information content (AvgIpc) is 2.59. The van der Waals surface area contributed by atoms with Crippen molar-refractivity contribution in [2.24, 2.45) is 0 Å². The third-order valence-electron chi connectivity index (χ3n) is 4.34. The summed E-state index contributed by atoms with van der Waals surface area (Å²) in [6, 6.07) is 5.36. The van der Waals surface area contributed by atoms with E-state index in [0.29, 0.717) is 5.56 Å². The Kier molecular flexibility index (Phi) is 9.04. The molecule has 1 aromatic rings. The van der Waals surface area contributed by atoms with E-state index < -0.39 is 35.6 Å². The molecule has 0 aromatic heterocycles. The summed E-state index contributed by atoms with van der Waals surface area (Å²) in [4.78, 5) is 39.7. The first-order chi connectivity index (χ1) is 14.3. The molecule has 2 atom stereocenters. The number of aryl methyl sites for hydroxylation is 2. The van der Waals surface area contributed by atoms with Gasteiger partial charge in [0.25, 0.3) is 0 Å². The molecule has 0 aliphatic carbocycles. The number of nitriles is 1. The molecule has 8 nitrogen and oxygen atoms in total. The Balaban J connectivity index is 3.32. The van der Waals surface area contributed by atoms with Crippen molar-refractivity contribution in [1.82, 2.24) is 15.5 Å². The fraction of sp³-hybridized carbons (Fsp3) is 0.565. The predicted molar refractivity (Wildman–Crippen MR) is 118 cm³/mol. The second kappa shape index (κ2) is 10.8. The lowest BCUT2D eigenvalue weighted by molar-refractivity contribution is -0.141. The zero-order valence-electron chi connectivity index (χ0n) is 19.7. The van der Waals surface area contributed by atoms with Crippen LogP contribution in [0.25, 0.3) is 0 Å². The van der Waals surface area contributed by atoms with E-state index in [2.05, 4.69) is 10.6 Å². The molecule has 0 aliphatic heterocycles. The van der Waals surface area contributed by atoms with Gasteiger partial charge < -0.3 is 20.3 Å². The van der Waals surface area contributed by atoms with Gasteiger partial charge in [-0.25, -0.2) is 4.79 Å². The minimum Gasteiger partial charge on any atom is -0.444 e. The Hall–Kier alpha value is -3.08. The van der Waals surface area contributed by atoms with Gasteiger partial charge >= 0.3 is 6.09 Å². The second-order valence-electron chi connectivity index (χ2n) is 8.92. The maximum atomic E-state index is 13.2. The summed E-state index contributed by atoms with van der Waals surface area (Å²) >= 11 is 0. The second-order valence-corrected chi connectivity index (χ2v) is 8.92. The minimum absolute atomic E-state index is 0.155. The van der Waals surface area contributed by atoms with Crippen molar-refractivity contribution in [3.8, 4) is 6.07 Å². The summed E-state index contributed by atoms with van der Waals surface area (Å²) in [6.07, 6.45) is -0.750. The van der Waals surface area contributed by atoms with E-state index >= 15 is 0 Å². The predicted octanol–water partition coefficient (Wildman–Crippen LogP) is 3.13. The van der Waals surface area contributed by atoms with E-state index in [1.54, 1.807) is 26.8 Å². The first-order valence-electron chi connectivity index (χ1n) is 10.3. The van der Waals surface area contributed by atoms with Gasteiger partial charge in [0.05, 0.1) is 6.07 Å². The van der Waals surface area contributed by atoms with E-state index in [4.69, 9.17) is 4.74 Å². The highest BCUT2D eigenvalue weighted by atomic mass is 16.6. The monoisotopic (exact) mass is 430 g/mol. The third kappa shape index (κ3) is 7.93. The molecule has 3 amide bonds. The summed E-state index contributed by atoms with van der Waals surface area (Å²) in [5.41, 5.74) is 1.74. The summed E-state index contributed by atoms with van der Waals surface area (Å²) in [5, 5.41) is 14.7. The largest absolute Gasteiger partial charge is 0.444 e. The van der Waals surface area contributed by atoms with E-state index in [0.717, 1.165) is 11.1 Å². The highest BCUT2D eigenvalue weighted by Gasteiger charge is 2.35. The summed E-state index contributed by atoms with van der Waals surface area (Å²) in [7, 11) is 0. The summed E-state index contributed by atoms with van der Waals surface area (Å²) < 4.78 is 5.21. The van der Waals surface area contributed by atoms with Crippen LogP contribution in [-0.4, -0.2) is 47.0 Å². The summed E-state index contributed by atoms with van der Waals surface area (Å²) in [5.74, 6) is -0.952. The Morgan fingerprint density at radius 3 is 2.23 bits per heavy atom. The number of benzene rings is 1. The number of nitrogens with one attached hydrogen (secondary N) is 2. The van der Waals surface area contributed by atoms with E-state index in [1.807, 2.05) is 45.9 Å². The average molecular weight is 431 g/mol. The first kappa shape index (κ1) is 26.0. The van der Waals surface area contributed by atoms with E-state index in [9.17, 15) is 19.6 Å². The van der Waals surface area contributed by atoms with E-state index in [-0.39, 0.29) is 12.6 Å². The third-order valence-corrected chi connectivity index (χ3v) is 4.34. The molecule has 8 heteroatoms. The fourth-order valence-corrected chi connectivity index (χ4v) is 3.11. The van der Waals surface area contributed by atoms with Crippen molar-refractivity contribution in [1.29, 1.82) is 5.26 Å². The van der Waals surface area contributed by atoms with Gasteiger partial charge in [0.15, 0.2) is 0 Å². The van der Waals surface area contributed by atoms with Crippen LogP contribution in [0.5, 0.6) is 0 Å². The van der Waals surface area contributed by atoms with Crippen molar-refractivity contribution < 1.29 is 19.1 Å². The maximum absolute atomic E-state index is 13.2. The molecule has 0 aliphatic rings. The van der Waals surface area contributed by atoms with Gasteiger partial charge in [-0.1, -0.05) is 23.8 Å². The summed E-state index contributed by atoms with van der Waals surface area (Å²) in [6.45, 7) is 13.8. The van der Waals surface area contributed by atoms with Crippen LogP contribution in [0.15, 0.2) is 18.2 Å². The number of rotatable bonds is 7. The Morgan fingerprint density at radius 2 is 1.74 bits per heavy atom. The molecular weight excluding hydrogens is 396 g/mol. The SMILES string of the molecule is Cc1ccc(C(C(=O)NC(C)C)N(CC#N)C(=O)C(C)NC(=O)OC(C)(C)C)c(C)c1. The van der Waals surface area contributed by atoms with Crippen LogP contribution in [-0.2, 0) is 14.3 Å². The number of carbonyl (C=O) groups excluding carboxylic acids is 3. The molecule has 0 saturated heterocycles. The van der Waals surface area contributed by atoms with Crippen LogP contribution in [0.2, 0.25) is 0 Å². The van der Waals surface area contributed by atoms with Crippen LogP contribution >= 0.6 is 0 Å². The topological polar surface area (TPSA) is 112 Å². The van der Waals surface area contributed by atoms with Crippen molar-refractivity contribution in [3.63, 3.8) is 0 Å². The number of hydrogen-bond acceptors (Lipinski definition) is 5. The number of hydrogen-bond donors (Lipinski definition) is 2. The molecule has 2 N–H and O–H groups in total. The molecule has 31 heavy (non-hydrogen) atoms. The minimum atomic E-state index is -1.02. The van der Waals surface area contributed by atoms with Crippen LogP contribution in [0.3, 0.4) is 0 Å². The van der Waals surface area contributed by atoms with Crippen molar-refractivity contribution in [3.05, 3.63) is 34.9 Å². The van der Waals surface area contributed by atoms with E-state index in [1.165, 1.54) is 11.8 Å². The number of alkyl carbamates (subject to hydrolysis) is 1. The number of nitrogens with zero attached hydrogens (tertiary/aromatic N) is 2. The highest BCUT2D eigenvalue weighted by molar-refractivity contribution is 5.92. The molecule has 0 fully saturated rings. The van der Waals surface area contributed by atoms with Gasteiger partial charge in [-0.3, -0.25) is 9.59 Å². The first-order valence-corrected chi connectivity index (χ1v) is 10.3. The van der Waals surface area contributed by atoms with Gasteiger partial charge in [0.1, 0.15) is 24.2 Å². The molecule has 0 saturated carbocycles. The molecule has 0 spiro atoms. The maximum Gasteiger partial charge on any atom is 0.408 e. The van der Waals surface area contributed by atoms with Crippen molar-refractivity contribution in [2.45, 2.75) is 79.1 Å². The molecular formula is C23H34N4O4. The van der Waals surface area contributed by atoms with Crippen LogP contribution in [0, 0.1) is 25.2 Å². The standard InChI is InChI=1S/C23H34N4O4/c1-14(2)25-20(28)19(18-10-9-15(3)13-16(18)4)27(12-11-24)21(29)17(5)26-22(30)31-23(6,7)8/h9-10,13-14,17,19H,12H2,1-8H3,(H,25,28)(H,26,30). The Labute approximate surface area is 184 Å². The Bertz CT molecular complexity index is 852. The smallest absolute Gasteiger partial charge is 0.408 e. The molecule has 1 rings (SSSR count). The highest BCUT2D eigenvalue weighted by Crippen LogP contribution is 2.26. The lowest BCUT2D eigenvalue weighted by atomic mass is 9.96. The Morgan fingerprint density at radius 1 is 1.13 bits per heavy atom. The number of ether oxygens (including phenoxy) is 1. The number of carbonyl (C=O) groups is 3. The van der Waals surface area contributed by atoms with Gasteiger partial charge in [-0.15, -0.1) is 0 Å². The van der Waals surface area contributed by atoms with Gasteiger partial charge in [0.2, 0.25) is 11.8 Å². The molecule has 0 bridgehead atoms. The normalized spacial score (nSPS) is 13.0. The molecule has 0 radical (unpaired) electrons. The van der Waals surface area contributed by atoms with Gasteiger partial charge in [-0.2, -0.15) is 5.26 Å².